The highest BCUT2D eigenvalue weighted by Gasteiger charge is 2.30. The number of thiophene rings is 1. The number of methoxy groups -OCH3 is 1. The van der Waals surface area contributed by atoms with Gasteiger partial charge < -0.3 is 10.1 Å². The van der Waals surface area contributed by atoms with Crippen molar-refractivity contribution in [2.45, 2.75) is 30.7 Å². The summed E-state index contributed by atoms with van der Waals surface area (Å²) in [6.45, 7) is 1.20. The van der Waals surface area contributed by atoms with Crippen LogP contribution in [0.2, 0.25) is 0 Å². The van der Waals surface area contributed by atoms with E-state index in [9.17, 15) is 13.2 Å². The first kappa shape index (κ1) is 21.5. The molecule has 8 nitrogen and oxygen atoms in total. The summed E-state index contributed by atoms with van der Waals surface area (Å²) in [7, 11) is -2.05. The molecule has 1 aliphatic heterocycles. The van der Waals surface area contributed by atoms with Gasteiger partial charge in [-0.1, -0.05) is 6.42 Å². The largest absolute Gasteiger partial charge is 0.497 e. The molecule has 0 saturated carbocycles. The first-order chi connectivity index (χ1) is 15.0. The van der Waals surface area contributed by atoms with Crippen LogP contribution in [0.15, 0.2) is 52.9 Å². The van der Waals surface area contributed by atoms with E-state index >= 15 is 0 Å². The third-order valence-electron chi connectivity index (χ3n) is 5.18. The molecular formula is C21H24N4O4S2. The molecule has 1 amide bonds. The summed E-state index contributed by atoms with van der Waals surface area (Å²) in [5.74, 6) is 0.347. The molecule has 0 unspecified atom stereocenters. The van der Waals surface area contributed by atoms with Gasteiger partial charge in [0, 0.05) is 19.3 Å². The van der Waals surface area contributed by atoms with E-state index in [1.807, 2.05) is 30.3 Å². The number of sulfonamides is 1. The molecule has 1 aliphatic rings. The van der Waals surface area contributed by atoms with Crippen molar-refractivity contribution < 1.29 is 17.9 Å². The Morgan fingerprint density at radius 2 is 1.87 bits per heavy atom. The molecule has 0 radical (unpaired) electrons. The monoisotopic (exact) mass is 460 g/mol. The molecule has 1 N–H and O–H groups in total. The van der Waals surface area contributed by atoms with Gasteiger partial charge in [0.1, 0.15) is 15.5 Å². The number of hydrogen-bond donors (Lipinski definition) is 1. The second-order valence-corrected chi connectivity index (χ2v) is 10.0. The second-order valence-electron chi connectivity index (χ2n) is 7.21. The zero-order valence-corrected chi connectivity index (χ0v) is 18.8. The average molecular weight is 461 g/mol. The van der Waals surface area contributed by atoms with Gasteiger partial charge in [-0.2, -0.15) is 9.40 Å². The SMILES string of the molecule is COc1ccc(-n2ccc(CNC(=O)c3sccc3S(=O)(=O)N3CCCCC3)n2)cc1. The van der Waals surface area contributed by atoms with Gasteiger partial charge in [-0.15, -0.1) is 11.3 Å². The molecule has 3 aromatic rings. The van der Waals surface area contributed by atoms with Crippen LogP contribution in [0.5, 0.6) is 5.75 Å². The molecule has 3 heterocycles. The van der Waals surface area contributed by atoms with E-state index < -0.39 is 15.9 Å². The normalized spacial score (nSPS) is 15.0. The summed E-state index contributed by atoms with van der Waals surface area (Å²) in [6.07, 6.45) is 4.54. The molecule has 164 valence electrons. The van der Waals surface area contributed by atoms with Crippen LogP contribution < -0.4 is 10.1 Å². The minimum atomic E-state index is -3.66. The maximum atomic E-state index is 13.0. The Hall–Kier alpha value is -2.69. The number of amides is 1. The van der Waals surface area contributed by atoms with Crippen LogP contribution in [0, 0.1) is 0 Å². The lowest BCUT2D eigenvalue weighted by molar-refractivity contribution is 0.0951. The lowest BCUT2D eigenvalue weighted by Crippen LogP contribution is -2.36. The van der Waals surface area contributed by atoms with Crippen LogP contribution in [0.3, 0.4) is 0 Å². The van der Waals surface area contributed by atoms with Crippen molar-refractivity contribution in [3.05, 3.63) is 58.5 Å². The van der Waals surface area contributed by atoms with Crippen LogP contribution >= 0.6 is 11.3 Å². The minimum absolute atomic E-state index is 0.0839. The lowest BCUT2D eigenvalue weighted by atomic mass is 10.2. The first-order valence-corrected chi connectivity index (χ1v) is 12.4. The van der Waals surface area contributed by atoms with E-state index in [0.717, 1.165) is 42.0 Å². The first-order valence-electron chi connectivity index (χ1n) is 10.0. The van der Waals surface area contributed by atoms with E-state index in [1.165, 1.54) is 10.4 Å². The number of ether oxygens (including phenoxy) is 1. The molecule has 0 bridgehead atoms. The number of carbonyl (C=O) groups is 1. The maximum absolute atomic E-state index is 13.0. The van der Waals surface area contributed by atoms with Gasteiger partial charge in [-0.25, -0.2) is 13.1 Å². The Morgan fingerprint density at radius 3 is 2.58 bits per heavy atom. The van der Waals surface area contributed by atoms with Gasteiger partial charge in [0.15, 0.2) is 0 Å². The standard InChI is InChI=1S/C21H24N4O4S2/c1-29-18-7-5-17(6-8-18)25-13-9-16(23-25)15-22-21(26)20-19(10-14-30-20)31(27,28)24-11-3-2-4-12-24/h5-10,13-14H,2-4,11-12,15H2,1H3,(H,22,26). The molecular weight excluding hydrogens is 436 g/mol. The Labute approximate surface area is 185 Å². The van der Waals surface area contributed by atoms with Crippen LogP contribution in [-0.2, 0) is 16.6 Å². The predicted octanol–water partition coefficient (Wildman–Crippen LogP) is 3.05. The van der Waals surface area contributed by atoms with Gasteiger partial charge in [-0.05, 0) is 54.6 Å². The number of rotatable bonds is 7. The number of aromatic nitrogens is 2. The summed E-state index contributed by atoms with van der Waals surface area (Å²) < 4.78 is 34.3. The molecule has 4 rings (SSSR count). The van der Waals surface area contributed by atoms with Gasteiger partial charge in [0.2, 0.25) is 10.0 Å². The smallest absolute Gasteiger partial charge is 0.263 e. The fraction of sp³-hybridized carbons (Fsp3) is 0.333. The van der Waals surface area contributed by atoms with Crippen LogP contribution in [0.25, 0.3) is 5.69 Å². The van der Waals surface area contributed by atoms with Gasteiger partial charge in [-0.3, -0.25) is 4.79 Å². The van der Waals surface area contributed by atoms with Crippen molar-refractivity contribution in [1.82, 2.24) is 19.4 Å². The Bertz CT molecular complexity index is 1150. The number of nitrogens with zero attached hydrogens (tertiary/aromatic N) is 3. The third kappa shape index (κ3) is 4.65. The Morgan fingerprint density at radius 1 is 1.13 bits per heavy atom. The van der Waals surface area contributed by atoms with Crippen molar-refractivity contribution in [2.75, 3.05) is 20.2 Å². The van der Waals surface area contributed by atoms with E-state index in [4.69, 9.17) is 4.74 Å². The summed E-state index contributed by atoms with van der Waals surface area (Å²) in [4.78, 5) is 13.0. The molecule has 0 atom stereocenters. The van der Waals surface area contributed by atoms with Crippen molar-refractivity contribution in [3.63, 3.8) is 0 Å². The average Bonchev–Trinajstić information content (AvgIpc) is 3.48. The molecule has 1 aromatic carbocycles. The zero-order valence-electron chi connectivity index (χ0n) is 17.2. The van der Waals surface area contributed by atoms with Crippen molar-refractivity contribution >= 4 is 27.3 Å². The van der Waals surface area contributed by atoms with Crippen LogP contribution in [0.4, 0.5) is 0 Å². The fourth-order valence-corrected chi connectivity index (χ4v) is 6.33. The quantitative estimate of drug-likeness (QED) is 0.585. The van der Waals surface area contributed by atoms with E-state index in [0.29, 0.717) is 18.8 Å². The lowest BCUT2D eigenvalue weighted by Gasteiger charge is -2.25. The van der Waals surface area contributed by atoms with Gasteiger partial charge >= 0.3 is 0 Å². The Balaban J connectivity index is 1.43. The summed E-state index contributed by atoms with van der Waals surface area (Å²) in [6, 6.07) is 10.8. The van der Waals surface area contributed by atoms with Crippen molar-refractivity contribution in [3.8, 4) is 11.4 Å². The number of benzene rings is 1. The minimum Gasteiger partial charge on any atom is -0.497 e. The highest BCUT2D eigenvalue weighted by Crippen LogP contribution is 2.27. The second kappa shape index (κ2) is 9.21. The van der Waals surface area contributed by atoms with Crippen molar-refractivity contribution in [1.29, 1.82) is 0 Å². The van der Waals surface area contributed by atoms with Crippen LogP contribution in [0.1, 0.15) is 34.6 Å². The third-order valence-corrected chi connectivity index (χ3v) is 8.16. The van der Waals surface area contributed by atoms with Gasteiger partial charge in [0.05, 0.1) is 25.0 Å². The van der Waals surface area contributed by atoms with Crippen molar-refractivity contribution in [2.24, 2.45) is 0 Å². The molecule has 0 aliphatic carbocycles. The highest BCUT2D eigenvalue weighted by molar-refractivity contribution is 7.89. The number of piperidine rings is 1. The van der Waals surface area contributed by atoms with E-state index in [-0.39, 0.29) is 16.3 Å². The maximum Gasteiger partial charge on any atom is 0.263 e. The summed E-state index contributed by atoms with van der Waals surface area (Å²) in [5.41, 5.74) is 1.53. The molecule has 1 fully saturated rings. The number of carbonyl (C=O) groups excluding carboxylic acids is 1. The Kier molecular flexibility index (Phi) is 6.40. The van der Waals surface area contributed by atoms with Gasteiger partial charge in [0.25, 0.3) is 5.91 Å². The topological polar surface area (TPSA) is 93.5 Å². The molecule has 10 heteroatoms. The molecule has 31 heavy (non-hydrogen) atoms. The van der Waals surface area contributed by atoms with E-state index in [1.54, 1.807) is 23.4 Å². The molecule has 2 aromatic heterocycles. The fourth-order valence-electron chi connectivity index (χ4n) is 3.50. The summed E-state index contributed by atoms with van der Waals surface area (Å²) in [5, 5.41) is 8.91. The number of nitrogens with one attached hydrogen (secondary N) is 1. The highest BCUT2D eigenvalue weighted by atomic mass is 32.2. The van der Waals surface area contributed by atoms with E-state index in [2.05, 4.69) is 10.4 Å². The van der Waals surface area contributed by atoms with Crippen LogP contribution in [-0.4, -0.2) is 48.6 Å². The number of hydrogen-bond acceptors (Lipinski definition) is 6. The predicted molar refractivity (Wildman–Crippen MR) is 118 cm³/mol. The zero-order chi connectivity index (χ0) is 21.8. The summed E-state index contributed by atoms with van der Waals surface area (Å²) >= 11 is 1.13. The molecule has 1 saturated heterocycles. The molecule has 0 spiro atoms.